The lowest BCUT2D eigenvalue weighted by Crippen LogP contribution is -2.38. The Morgan fingerprint density at radius 3 is 2.65 bits per heavy atom. The van der Waals surface area contributed by atoms with Crippen molar-refractivity contribution < 1.29 is 4.74 Å². The van der Waals surface area contributed by atoms with E-state index in [2.05, 4.69) is 60.4 Å². The summed E-state index contributed by atoms with van der Waals surface area (Å²) in [6.07, 6.45) is 3.91. The number of piperidine rings is 1. The van der Waals surface area contributed by atoms with E-state index < -0.39 is 0 Å². The molecule has 5 nitrogen and oxygen atoms in total. The minimum atomic E-state index is 0.420. The summed E-state index contributed by atoms with van der Waals surface area (Å²) < 4.78 is 6.26. The van der Waals surface area contributed by atoms with Gasteiger partial charge in [-0.15, -0.1) is 0 Å². The maximum absolute atomic E-state index is 5.13. The molecule has 3 rings (SSSR count). The third kappa shape index (κ3) is 4.65. The van der Waals surface area contributed by atoms with Crippen LogP contribution in [-0.4, -0.2) is 41.1 Å². The fraction of sp³-hybridized carbons (Fsp3) is 0.412. The summed E-state index contributed by atoms with van der Waals surface area (Å²) >= 11 is 3.48. The summed E-state index contributed by atoms with van der Waals surface area (Å²) in [4.78, 5) is 11.1. The van der Waals surface area contributed by atoms with E-state index in [-0.39, 0.29) is 0 Å². The van der Waals surface area contributed by atoms with Gasteiger partial charge in [0.05, 0.1) is 7.11 Å². The highest BCUT2D eigenvalue weighted by molar-refractivity contribution is 9.10. The highest BCUT2D eigenvalue weighted by Gasteiger charge is 2.19. The number of aromatic nitrogens is 2. The van der Waals surface area contributed by atoms with Crippen molar-refractivity contribution in [3.8, 4) is 5.88 Å². The van der Waals surface area contributed by atoms with Gasteiger partial charge in [0.2, 0.25) is 11.8 Å². The third-order valence-electron chi connectivity index (χ3n) is 4.08. The number of hydrogen-bond acceptors (Lipinski definition) is 5. The van der Waals surface area contributed by atoms with Crippen molar-refractivity contribution >= 4 is 21.9 Å². The van der Waals surface area contributed by atoms with Crippen LogP contribution >= 0.6 is 15.9 Å². The third-order valence-corrected chi connectivity index (χ3v) is 4.61. The van der Waals surface area contributed by atoms with E-state index in [9.17, 15) is 0 Å². The number of benzene rings is 1. The molecule has 0 saturated carbocycles. The summed E-state index contributed by atoms with van der Waals surface area (Å²) in [6.45, 7) is 3.17. The van der Waals surface area contributed by atoms with Gasteiger partial charge >= 0.3 is 0 Å². The van der Waals surface area contributed by atoms with Gasteiger partial charge in [0.1, 0.15) is 0 Å². The van der Waals surface area contributed by atoms with Gasteiger partial charge in [0, 0.05) is 42.4 Å². The molecule has 0 unspecified atom stereocenters. The lowest BCUT2D eigenvalue weighted by molar-refractivity contribution is 0.211. The Morgan fingerprint density at radius 1 is 1.22 bits per heavy atom. The van der Waals surface area contributed by atoms with Crippen LogP contribution in [0.25, 0.3) is 0 Å². The first-order chi connectivity index (χ1) is 11.2. The lowest BCUT2D eigenvalue weighted by Gasteiger charge is -2.32. The molecule has 0 amide bonds. The smallest absolute Gasteiger partial charge is 0.226 e. The maximum atomic E-state index is 5.13. The Morgan fingerprint density at radius 2 is 1.96 bits per heavy atom. The quantitative estimate of drug-likeness (QED) is 0.867. The van der Waals surface area contributed by atoms with Crippen LogP contribution in [0.15, 0.2) is 41.0 Å². The second kappa shape index (κ2) is 7.75. The van der Waals surface area contributed by atoms with Crippen molar-refractivity contribution in [2.24, 2.45) is 0 Å². The molecule has 2 aromatic rings. The average Bonchev–Trinajstić information content (AvgIpc) is 2.59. The molecule has 1 aromatic carbocycles. The molecule has 1 N–H and O–H groups in total. The van der Waals surface area contributed by atoms with Crippen LogP contribution < -0.4 is 10.1 Å². The number of methoxy groups -OCH3 is 1. The monoisotopic (exact) mass is 376 g/mol. The second-order valence-electron chi connectivity index (χ2n) is 5.74. The van der Waals surface area contributed by atoms with E-state index in [0.29, 0.717) is 17.9 Å². The zero-order valence-electron chi connectivity index (χ0n) is 13.2. The Kier molecular flexibility index (Phi) is 5.46. The first kappa shape index (κ1) is 16.2. The molecule has 1 saturated heterocycles. The number of halogens is 1. The van der Waals surface area contributed by atoms with Gasteiger partial charge in [-0.05, 0) is 30.5 Å². The Bertz CT molecular complexity index is 627. The van der Waals surface area contributed by atoms with Crippen LogP contribution in [0.3, 0.4) is 0 Å². The first-order valence-corrected chi connectivity index (χ1v) is 8.62. The van der Waals surface area contributed by atoms with E-state index in [1.165, 1.54) is 5.56 Å². The van der Waals surface area contributed by atoms with Crippen molar-refractivity contribution in [2.75, 3.05) is 25.5 Å². The summed E-state index contributed by atoms with van der Waals surface area (Å²) in [5, 5.41) is 3.41. The fourth-order valence-electron chi connectivity index (χ4n) is 2.79. The predicted molar refractivity (Wildman–Crippen MR) is 94.6 cm³/mol. The van der Waals surface area contributed by atoms with Gasteiger partial charge in [-0.3, -0.25) is 4.90 Å². The SMILES string of the molecule is COc1ccnc(NC2CCN(Cc3ccc(Br)cc3)CC2)n1. The minimum Gasteiger partial charge on any atom is -0.481 e. The van der Waals surface area contributed by atoms with E-state index >= 15 is 0 Å². The molecule has 0 bridgehead atoms. The molecule has 1 aliphatic heterocycles. The Labute approximate surface area is 145 Å². The van der Waals surface area contributed by atoms with Crippen LogP contribution in [0.1, 0.15) is 18.4 Å². The van der Waals surface area contributed by atoms with Crippen molar-refractivity contribution in [1.29, 1.82) is 0 Å². The zero-order valence-corrected chi connectivity index (χ0v) is 14.8. The molecule has 0 aliphatic carbocycles. The van der Waals surface area contributed by atoms with E-state index in [0.717, 1.165) is 36.9 Å². The minimum absolute atomic E-state index is 0.420. The zero-order chi connectivity index (χ0) is 16.1. The van der Waals surface area contributed by atoms with Gasteiger partial charge in [-0.25, -0.2) is 4.98 Å². The number of nitrogens with one attached hydrogen (secondary N) is 1. The van der Waals surface area contributed by atoms with Gasteiger partial charge < -0.3 is 10.1 Å². The highest BCUT2D eigenvalue weighted by atomic mass is 79.9. The van der Waals surface area contributed by atoms with E-state index in [1.54, 1.807) is 19.4 Å². The topological polar surface area (TPSA) is 50.3 Å². The maximum Gasteiger partial charge on any atom is 0.226 e. The van der Waals surface area contributed by atoms with Crippen LogP contribution in [0.4, 0.5) is 5.95 Å². The number of nitrogens with zero attached hydrogens (tertiary/aromatic N) is 3. The van der Waals surface area contributed by atoms with Gasteiger partial charge in [0.15, 0.2) is 0 Å². The molecule has 0 atom stereocenters. The average molecular weight is 377 g/mol. The second-order valence-corrected chi connectivity index (χ2v) is 6.66. The molecule has 0 spiro atoms. The standard InChI is InChI=1S/C17H21BrN4O/c1-23-16-6-9-19-17(21-16)20-15-7-10-22(11-8-15)12-13-2-4-14(18)5-3-13/h2-6,9,15H,7-8,10-12H2,1H3,(H,19,20,21). The van der Waals surface area contributed by atoms with Crippen LogP contribution in [0.5, 0.6) is 5.88 Å². The lowest BCUT2D eigenvalue weighted by atomic mass is 10.0. The van der Waals surface area contributed by atoms with Gasteiger partial charge in [0.25, 0.3) is 0 Å². The summed E-state index contributed by atoms with van der Waals surface area (Å²) in [5.74, 6) is 1.24. The largest absolute Gasteiger partial charge is 0.481 e. The van der Waals surface area contributed by atoms with Crippen LogP contribution in [0, 0.1) is 0 Å². The van der Waals surface area contributed by atoms with E-state index in [1.807, 2.05) is 0 Å². The number of anilines is 1. The normalized spacial score (nSPS) is 16.3. The molecule has 2 heterocycles. The number of likely N-dealkylation sites (tertiary alicyclic amines) is 1. The van der Waals surface area contributed by atoms with Gasteiger partial charge in [-0.2, -0.15) is 4.98 Å². The van der Waals surface area contributed by atoms with Crippen molar-refractivity contribution in [2.45, 2.75) is 25.4 Å². The molecule has 23 heavy (non-hydrogen) atoms. The molecule has 122 valence electrons. The number of hydrogen-bond donors (Lipinski definition) is 1. The highest BCUT2D eigenvalue weighted by Crippen LogP contribution is 2.18. The first-order valence-electron chi connectivity index (χ1n) is 7.83. The molecule has 0 radical (unpaired) electrons. The van der Waals surface area contributed by atoms with Gasteiger partial charge in [-0.1, -0.05) is 28.1 Å². The molecule has 1 fully saturated rings. The molecular formula is C17H21BrN4O. The van der Waals surface area contributed by atoms with E-state index in [4.69, 9.17) is 4.74 Å². The number of rotatable bonds is 5. The fourth-order valence-corrected chi connectivity index (χ4v) is 3.06. The van der Waals surface area contributed by atoms with Crippen LogP contribution in [0.2, 0.25) is 0 Å². The van der Waals surface area contributed by atoms with Crippen molar-refractivity contribution in [3.63, 3.8) is 0 Å². The summed E-state index contributed by atoms with van der Waals surface area (Å²) in [5.41, 5.74) is 1.36. The Balaban J connectivity index is 1.49. The molecule has 1 aliphatic rings. The Hall–Kier alpha value is -1.66. The summed E-state index contributed by atoms with van der Waals surface area (Å²) in [6, 6.07) is 10.7. The van der Waals surface area contributed by atoms with Crippen LogP contribution in [-0.2, 0) is 6.54 Å². The van der Waals surface area contributed by atoms with Crippen molar-refractivity contribution in [1.82, 2.24) is 14.9 Å². The molecular weight excluding hydrogens is 356 g/mol. The van der Waals surface area contributed by atoms with Crippen molar-refractivity contribution in [3.05, 3.63) is 46.6 Å². The molecule has 6 heteroatoms. The summed E-state index contributed by atoms with van der Waals surface area (Å²) in [7, 11) is 1.62. The molecule has 1 aromatic heterocycles. The predicted octanol–water partition coefficient (Wildman–Crippen LogP) is 3.32. The number of ether oxygens (including phenoxy) is 1.